The smallest absolute Gasteiger partial charge is 0.310 e. The minimum absolute atomic E-state index is 0.0736. The second-order valence-corrected chi connectivity index (χ2v) is 9.38. The lowest BCUT2D eigenvalue weighted by Crippen LogP contribution is -2.34. The molecule has 0 radical (unpaired) electrons. The molecule has 0 saturated heterocycles. The number of carboxylic acid groups (broad SMARTS) is 1. The third-order valence-electron chi connectivity index (χ3n) is 6.47. The Labute approximate surface area is 179 Å². The predicted molar refractivity (Wildman–Crippen MR) is 119 cm³/mol. The fourth-order valence-electron chi connectivity index (χ4n) is 4.31. The van der Waals surface area contributed by atoms with Crippen molar-refractivity contribution >= 4 is 5.97 Å². The van der Waals surface area contributed by atoms with E-state index < -0.39 is 11.9 Å². The summed E-state index contributed by atoms with van der Waals surface area (Å²) in [5, 5.41) is 9.17. The zero-order valence-corrected chi connectivity index (χ0v) is 18.3. The summed E-state index contributed by atoms with van der Waals surface area (Å²) in [6, 6.07) is 11.9. The van der Waals surface area contributed by atoms with E-state index in [0.29, 0.717) is 5.92 Å². The molecule has 0 aromatic heterocycles. The van der Waals surface area contributed by atoms with Crippen molar-refractivity contribution in [3.8, 4) is 17.6 Å². The predicted octanol–water partition coefficient (Wildman–Crippen LogP) is 5.99. The van der Waals surface area contributed by atoms with E-state index in [2.05, 4.69) is 44.7 Å². The first-order valence-electron chi connectivity index (χ1n) is 11.0. The van der Waals surface area contributed by atoms with Gasteiger partial charge in [0.1, 0.15) is 5.75 Å². The number of hydrogen-bond donors (Lipinski definition) is 1. The summed E-state index contributed by atoms with van der Waals surface area (Å²) in [4.78, 5) is 11.2. The van der Waals surface area contributed by atoms with E-state index in [4.69, 9.17) is 9.84 Å². The van der Waals surface area contributed by atoms with Gasteiger partial charge in [-0.05, 0) is 79.3 Å². The van der Waals surface area contributed by atoms with Crippen LogP contribution in [-0.4, -0.2) is 17.2 Å². The minimum atomic E-state index is -0.814. The van der Waals surface area contributed by atoms with Crippen molar-refractivity contribution in [2.75, 3.05) is 0 Å². The SMILES string of the molecule is CCC1CC(C)(C)c2cc(C#Cc3ccc(C(C)C(=O)O)cc3)cc(C3CC3)c2O1. The molecule has 3 nitrogen and oxygen atoms in total. The van der Waals surface area contributed by atoms with Gasteiger partial charge in [-0.25, -0.2) is 0 Å². The van der Waals surface area contributed by atoms with Gasteiger partial charge >= 0.3 is 5.97 Å². The monoisotopic (exact) mass is 402 g/mol. The Morgan fingerprint density at radius 1 is 1.17 bits per heavy atom. The van der Waals surface area contributed by atoms with Crippen LogP contribution < -0.4 is 4.74 Å². The molecule has 2 atom stereocenters. The summed E-state index contributed by atoms with van der Waals surface area (Å²) in [6.07, 6.45) is 4.81. The second-order valence-electron chi connectivity index (χ2n) is 9.38. The van der Waals surface area contributed by atoms with E-state index >= 15 is 0 Å². The minimum Gasteiger partial charge on any atom is -0.490 e. The highest BCUT2D eigenvalue weighted by Gasteiger charge is 2.38. The van der Waals surface area contributed by atoms with Gasteiger partial charge < -0.3 is 9.84 Å². The number of carboxylic acids is 1. The number of aliphatic carboxylic acids is 1. The highest BCUT2D eigenvalue weighted by Crippen LogP contribution is 2.51. The highest BCUT2D eigenvalue weighted by atomic mass is 16.5. The van der Waals surface area contributed by atoms with E-state index in [1.165, 1.54) is 24.0 Å². The van der Waals surface area contributed by atoms with E-state index in [1.54, 1.807) is 6.92 Å². The van der Waals surface area contributed by atoms with Crippen LogP contribution in [0.15, 0.2) is 36.4 Å². The molecular formula is C27H30O3. The molecule has 1 aliphatic carbocycles. The molecule has 2 aromatic carbocycles. The van der Waals surface area contributed by atoms with Gasteiger partial charge in [0.05, 0.1) is 12.0 Å². The van der Waals surface area contributed by atoms with Gasteiger partial charge in [-0.15, -0.1) is 0 Å². The second kappa shape index (κ2) is 7.84. The summed E-state index contributed by atoms with van der Waals surface area (Å²) < 4.78 is 6.43. The molecule has 1 fully saturated rings. The van der Waals surface area contributed by atoms with Gasteiger partial charge in [0.2, 0.25) is 0 Å². The summed E-state index contributed by atoms with van der Waals surface area (Å²) in [5.74, 6) is 6.99. The van der Waals surface area contributed by atoms with Crippen molar-refractivity contribution in [2.24, 2.45) is 0 Å². The maximum absolute atomic E-state index is 11.2. The van der Waals surface area contributed by atoms with Gasteiger partial charge in [-0.2, -0.15) is 0 Å². The summed E-state index contributed by atoms with van der Waals surface area (Å²) in [7, 11) is 0. The maximum atomic E-state index is 11.2. The van der Waals surface area contributed by atoms with E-state index in [1.807, 2.05) is 24.3 Å². The van der Waals surface area contributed by atoms with Crippen molar-refractivity contribution in [2.45, 2.75) is 76.7 Å². The third kappa shape index (κ3) is 4.10. The van der Waals surface area contributed by atoms with Crippen molar-refractivity contribution in [1.82, 2.24) is 0 Å². The van der Waals surface area contributed by atoms with E-state index in [9.17, 15) is 4.79 Å². The Balaban J connectivity index is 1.67. The fourth-order valence-corrected chi connectivity index (χ4v) is 4.31. The molecule has 2 aliphatic rings. The van der Waals surface area contributed by atoms with Gasteiger partial charge in [-0.1, -0.05) is 44.7 Å². The molecule has 0 spiro atoms. The summed E-state index contributed by atoms with van der Waals surface area (Å²) >= 11 is 0. The van der Waals surface area contributed by atoms with Gasteiger partial charge in [0.15, 0.2) is 0 Å². The molecule has 1 N–H and O–H groups in total. The van der Waals surface area contributed by atoms with Crippen LogP contribution in [0.1, 0.15) is 93.0 Å². The van der Waals surface area contributed by atoms with Gasteiger partial charge in [-0.3, -0.25) is 4.79 Å². The molecular weight excluding hydrogens is 372 g/mol. The lowest BCUT2D eigenvalue weighted by molar-refractivity contribution is -0.138. The molecule has 2 aromatic rings. The van der Waals surface area contributed by atoms with Crippen LogP contribution in [0.5, 0.6) is 5.75 Å². The topological polar surface area (TPSA) is 46.5 Å². The third-order valence-corrected chi connectivity index (χ3v) is 6.47. The van der Waals surface area contributed by atoms with Crippen LogP contribution in [0.2, 0.25) is 0 Å². The van der Waals surface area contributed by atoms with Crippen LogP contribution in [0, 0.1) is 11.8 Å². The van der Waals surface area contributed by atoms with Crippen molar-refractivity contribution in [3.05, 3.63) is 64.2 Å². The first-order chi connectivity index (χ1) is 14.3. The summed E-state index contributed by atoms with van der Waals surface area (Å²) in [5.41, 5.74) is 5.40. The quantitative estimate of drug-likeness (QED) is 0.639. The standard InChI is InChI=1S/C27H30O3/c1-5-22-16-27(3,4)24-15-19(14-23(21-12-13-21)25(24)30-22)7-6-18-8-10-20(11-9-18)17(2)26(28)29/h8-11,14-15,17,21-22H,5,12-13,16H2,1-4H3,(H,28,29). The maximum Gasteiger partial charge on any atom is 0.310 e. The molecule has 1 heterocycles. The number of benzene rings is 2. The van der Waals surface area contributed by atoms with Crippen molar-refractivity contribution < 1.29 is 14.6 Å². The van der Waals surface area contributed by atoms with Crippen molar-refractivity contribution in [1.29, 1.82) is 0 Å². The van der Waals surface area contributed by atoms with Crippen LogP contribution >= 0.6 is 0 Å². The highest BCUT2D eigenvalue weighted by molar-refractivity contribution is 5.75. The van der Waals surface area contributed by atoms with Crippen molar-refractivity contribution in [3.63, 3.8) is 0 Å². The number of carbonyl (C=O) groups is 1. The molecule has 1 aliphatic heterocycles. The Hall–Kier alpha value is -2.73. The fraction of sp³-hybridized carbons (Fsp3) is 0.444. The Bertz CT molecular complexity index is 1020. The molecule has 156 valence electrons. The number of hydrogen-bond acceptors (Lipinski definition) is 2. The van der Waals surface area contributed by atoms with Gasteiger partial charge in [0.25, 0.3) is 0 Å². The first kappa shape index (κ1) is 20.5. The van der Waals surface area contributed by atoms with Crippen LogP contribution in [0.25, 0.3) is 0 Å². The lowest BCUT2D eigenvalue weighted by Gasteiger charge is -2.38. The van der Waals surface area contributed by atoms with E-state index in [-0.39, 0.29) is 11.5 Å². The Kier molecular flexibility index (Phi) is 5.36. The lowest BCUT2D eigenvalue weighted by atomic mass is 9.75. The van der Waals surface area contributed by atoms with Crippen LogP contribution in [0.3, 0.4) is 0 Å². The molecule has 30 heavy (non-hydrogen) atoms. The average molecular weight is 403 g/mol. The molecule has 1 saturated carbocycles. The Morgan fingerprint density at radius 2 is 1.83 bits per heavy atom. The number of ether oxygens (including phenoxy) is 1. The molecule has 2 unspecified atom stereocenters. The normalized spacial score (nSPS) is 20.3. The Morgan fingerprint density at radius 3 is 2.43 bits per heavy atom. The first-order valence-corrected chi connectivity index (χ1v) is 11.0. The van der Waals surface area contributed by atoms with Gasteiger partial charge in [0, 0.05) is 16.7 Å². The molecule has 3 heteroatoms. The number of fused-ring (bicyclic) bond motifs is 1. The average Bonchev–Trinajstić information content (AvgIpc) is 3.56. The largest absolute Gasteiger partial charge is 0.490 e. The van der Waals surface area contributed by atoms with Crippen LogP contribution in [-0.2, 0) is 10.2 Å². The molecule has 4 rings (SSSR count). The molecule has 0 bridgehead atoms. The zero-order chi connectivity index (χ0) is 21.5. The number of rotatable bonds is 4. The molecule has 0 amide bonds. The summed E-state index contributed by atoms with van der Waals surface area (Å²) in [6.45, 7) is 8.52. The van der Waals surface area contributed by atoms with E-state index in [0.717, 1.165) is 35.3 Å². The van der Waals surface area contributed by atoms with Crippen LogP contribution in [0.4, 0.5) is 0 Å². The zero-order valence-electron chi connectivity index (χ0n) is 18.3.